The van der Waals surface area contributed by atoms with Crippen LogP contribution in [-0.2, 0) is 6.42 Å². The number of hydrogen-bond donors (Lipinski definition) is 4. The molecule has 90 valence electrons. The average Bonchev–Trinajstić information content (AvgIpc) is 2.71. The third kappa shape index (κ3) is 2.57. The summed E-state index contributed by atoms with van der Waals surface area (Å²) in [4.78, 5) is 8.11. The van der Waals surface area contributed by atoms with Crippen molar-refractivity contribution >= 4 is 35.3 Å². The summed E-state index contributed by atoms with van der Waals surface area (Å²) >= 11 is 10.2. The Morgan fingerprint density at radius 1 is 1.65 bits per heavy atom. The van der Waals surface area contributed by atoms with Crippen molar-refractivity contribution in [3.05, 3.63) is 39.6 Å². The molecule has 0 bridgehead atoms. The summed E-state index contributed by atoms with van der Waals surface area (Å²) in [5, 5.41) is 1.43. The molecule has 2 heterocycles. The Morgan fingerprint density at radius 3 is 3.12 bits per heavy atom. The molecule has 0 aliphatic heterocycles. The predicted octanol–water partition coefficient (Wildman–Crippen LogP) is 2.21. The maximum atomic E-state index is 5.86. The fourth-order valence-corrected chi connectivity index (χ4v) is 1.95. The minimum Gasteiger partial charge on any atom is -0.346 e. The lowest BCUT2D eigenvalue weighted by molar-refractivity contribution is 0.932. The van der Waals surface area contributed by atoms with Crippen molar-refractivity contribution < 1.29 is 0 Å². The summed E-state index contributed by atoms with van der Waals surface area (Å²) in [6.07, 6.45) is 4.35. The van der Waals surface area contributed by atoms with Crippen molar-refractivity contribution in [2.24, 2.45) is 5.84 Å². The Labute approximate surface area is 110 Å². The Balaban J connectivity index is 2.40. The van der Waals surface area contributed by atoms with Gasteiger partial charge in [-0.25, -0.2) is 10.8 Å². The number of aromatic nitrogens is 2. The van der Waals surface area contributed by atoms with Gasteiger partial charge in [-0.3, -0.25) is 0 Å². The van der Waals surface area contributed by atoms with Gasteiger partial charge < -0.3 is 10.4 Å². The molecule has 0 fully saturated rings. The molecule has 0 spiro atoms. The molecule has 0 atom stereocenters. The number of nitrogens with two attached hydrogens (primary N) is 1. The Hall–Kier alpha value is -1.17. The molecule has 0 saturated heterocycles. The van der Waals surface area contributed by atoms with E-state index in [2.05, 4.69) is 34.1 Å². The van der Waals surface area contributed by atoms with Crippen LogP contribution >= 0.6 is 24.2 Å². The highest BCUT2D eigenvalue weighted by atomic mass is 35.5. The Morgan fingerprint density at radius 2 is 2.41 bits per heavy atom. The molecule has 0 aliphatic rings. The lowest BCUT2D eigenvalue weighted by atomic mass is 10.1. The first kappa shape index (κ1) is 12.3. The number of rotatable bonds is 3. The molecule has 0 aromatic carbocycles. The zero-order chi connectivity index (χ0) is 12.4. The number of halogens is 1. The van der Waals surface area contributed by atoms with E-state index in [0.29, 0.717) is 16.5 Å². The number of hydrogen-bond acceptors (Lipinski definition) is 4. The van der Waals surface area contributed by atoms with Crippen LogP contribution in [0.3, 0.4) is 0 Å². The average molecular weight is 269 g/mol. The van der Waals surface area contributed by atoms with Crippen LogP contribution in [0.15, 0.2) is 28.5 Å². The molecular formula is C11H13ClN4S. The van der Waals surface area contributed by atoms with E-state index >= 15 is 0 Å². The van der Waals surface area contributed by atoms with Crippen LogP contribution < -0.4 is 11.3 Å². The third-order valence-corrected chi connectivity index (χ3v) is 3.34. The highest BCUT2D eigenvalue weighted by molar-refractivity contribution is 7.84. The molecule has 2 rings (SSSR count). The number of nitrogens with one attached hydrogen (secondary N) is 2. The maximum Gasteiger partial charge on any atom is 0.137 e. The highest BCUT2D eigenvalue weighted by Crippen LogP contribution is 2.23. The molecule has 4 N–H and O–H groups in total. The lowest BCUT2D eigenvalue weighted by Crippen LogP contribution is -2.18. The summed E-state index contributed by atoms with van der Waals surface area (Å²) < 4.78 is 0. The van der Waals surface area contributed by atoms with Crippen LogP contribution in [0, 0.1) is 6.92 Å². The topological polar surface area (TPSA) is 66.7 Å². The largest absolute Gasteiger partial charge is 0.346 e. The molecule has 0 unspecified atom stereocenters. The molecule has 2 aromatic heterocycles. The summed E-state index contributed by atoms with van der Waals surface area (Å²) in [5.74, 6) is 5.23. The normalized spacial score (nSPS) is 12.7. The summed E-state index contributed by atoms with van der Waals surface area (Å²) in [5.41, 5.74) is 5.45. The van der Waals surface area contributed by atoms with Crippen molar-refractivity contribution in [2.45, 2.75) is 13.3 Å². The van der Waals surface area contributed by atoms with E-state index in [9.17, 15) is 0 Å². The SMILES string of the molecule is Cc1cnc2[nH]cc(C/C(S)=C(/Cl)NN)c2c1. The van der Waals surface area contributed by atoms with Crippen molar-refractivity contribution in [1.82, 2.24) is 15.4 Å². The lowest BCUT2D eigenvalue weighted by Gasteiger charge is -2.03. The zero-order valence-electron chi connectivity index (χ0n) is 9.29. The van der Waals surface area contributed by atoms with Gasteiger partial charge in [-0.05, 0) is 24.1 Å². The minimum atomic E-state index is 0.350. The number of hydrazine groups is 1. The van der Waals surface area contributed by atoms with Crippen LogP contribution in [0.4, 0.5) is 0 Å². The summed E-state index contributed by atoms with van der Waals surface area (Å²) in [6, 6.07) is 2.08. The molecule has 17 heavy (non-hydrogen) atoms. The van der Waals surface area contributed by atoms with Crippen LogP contribution in [0.5, 0.6) is 0 Å². The van der Waals surface area contributed by atoms with Gasteiger partial charge in [0.05, 0.1) is 0 Å². The Bertz CT molecular complexity index is 576. The highest BCUT2D eigenvalue weighted by Gasteiger charge is 2.07. The molecular weight excluding hydrogens is 256 g/mol. The third-order valence-electron chi connectivity index (χ3n) is 2.49. The fourth-order valence-electron chi connectivity index (χ4n) is 1.65. The maximum absolute atomic E-state index is 5.86. The molecule has 2 aromatic rings. The monoisotopic (exact) mass is 268 g/mol. The number of allylic oxidation sites excluding steroid dienone is 1. The van der Waals surface area contributed by atoms with Gasteiger partial charge in [-0.1, -0.05) is 11.6 Å². The van der Waals surface area contributed by atoms with Gasteiger partial charge in [-0.15, -0.1) is 12.6 Å². The van der Waals surface area contributed by atoms with Crippen LogP contribution in [0.25, 0.3) is 11.0 Å². The smallest absolute Gasteiger partial charge is 0.137 e. The standard InChI is InChI=1S/C11H13ClN4S/c1-6-2-8-7(3-9(17)10(12)16-13)5-15-11(8)14-4-6/h2,4-5,16-17H,3,13H2,1H3,(H,14,15)/b10-9+. The zero-order valence-corrected chi connectivity index (χ0v) is 10.9. The van der Waals surface area contributed by atoms with Gasteiger partial charge >= 0.3 is 0 Å². The minimum absolute atomic E-state index is 0.350. The number of aryl methyl sites for hydroxylation is 1. The van der Waals surface area contributed by atoms with E-state index in [1.807, 2.05) is 19.3 Å². The van der Waals surface area contributed by atoms with Gasteiger partial charge in [0.1, 0.15) is 10.8 Å². The predicted molar refractivity (Wildman–Crippen MR) is 73.7 cm³/mol. The van der Waals surface area contributed by atoms with E-state index in [-0.39, 0.29) is 0 Å². The molecule has 0 saturated carbocycles. The number of thiol groups is 1. The molecule has 4 nitrogen and oxygen atoms in total. The van der Waals surface area contributed by atoms with E-state index in [1.165, 1.54) is 0 Å². The first-order valence-electron chi connectivity index (χ1n) is 5.08. The first-order valence-corrected chi connectivity index (χ1v) is 5.91. The van der Waals surface area contributed by atoms with E-state index in [0.717, 1.165) is 22.2 Å². The summed E-state index contributed by atoms with van der Waals surface area (Å²) in [7, 11) is 0. The second-order valence-electron chi connectivity index (χ2n) is 3.80. The van der Waals surface area contributed by atoms with Gasteiger partial charge in [-0.2, -0.15) is 0 Å². The van der Waals surface area contributed by atoms with Gasteiger partial charge in [0.15, 0.2) is 0 Å². The second kappa shape index (κ2) is 5.00. The number of aromatic amines is 1. The number of pyridine rings is 1. The van der Waals surface area contributed by atoms with Crippen molar-refractivity contribution in [3.63, 3.8) is 0 Å². The number of H-pyrrole nitrogens is 1. The van der Waals surface area contributed by atoms with Crippen LogP contribution in [-0.4, -0.2) is 9.97 Å². The molecule has 0 radical (unpaired) electrons. The van der Waals surface area contributed by atoms with Gasteiger partial charge in [0.2, 0.25) is 0 Å². The molecule has 6 heteroatoms. The second-order valence-corrected chi connectivity index (χ2v) is 4.72. The quantitative estimate of drug-likeness (QED) is 0.299. The van der Waals surface area contributed by atoms with E-state index < -0.39 is 0 Å². The molecule has 0 aliphatic carbocycles. The first-order chi connectivity index (χ1) is 8.11. The number of nitrogens with zero attached hydrogens (tertiary/aromatic N) is 1. The number of fused-ring (bicyclic) bond motifs is 1. The van der Waals surface area contributed by atoms with Crippen molar-refractivity contribution in [3.8, 4) is 0 Å². The van der Waals surface area contributed by atoms with E-state index in [1.54, 1.807) is 0 Å². The van der Waals surface area contributed by atoms with Crippen molar-refractivity contribution in [1.29, 1.82) is 0 Å². The summed E-state index contributed by atoms with van der Waals surface area (Å²) in [6.45, 7) is 2.01. The van der Waals surface area contributed by atoms with Gasteiger partial charge in [0.25, 0.3) is 0 Å². The fraction of sp³-hybridized carbons (Fsp3) is 0.182. The van der Waals surface area contributed by atoms with Crippen LogP contribution in [0.2, 0.25) is 0 Å². The van der Waals surface area contributed by atoms with Crippen LogP contribution in [0.1, 0.15) is 11.1 Å². The van der Waals surface area contributed by atoms with E-state index in [4.69, 9.17) is 17.4 Å². The van der Waals surface area contributed by atoms with Crippen molar-refractivity contribution in [2.75, 3.05) is 0 Å². The van der Waals surface area contributed by atoms with Gasteiger partial charge in [0, 0.05) is 29.1 Å². The Kier molecular flexibility index (Phi) is 3.61. The molecule has 0 amide bonds.